The highest BCUT2D eigenvalue weighted by atomic mass is 35.5. The van der Waals surface area contributed by atoms with Gasteiger partial charge in [0.1, 0.15) is 17.2 Å². The summed E-state index contributed by atoms with van der Waals surface area (Å²) in [6.07, 6.45) is 4.74. The predicted molar refractivity (Wildman–Crippen MR) is 135 cm³/mol. The van der Waals surface area contributed by atoms with Crippen molar-refractivity contribution < 1.29 is 4.39 Å². The van der Waals surface area contributed by atoms with Crippen molar-refractivity contribution >= 4 is 40.3 Å². The molecule has 0 radical (unpaired) electrons. The minimum Gasteiger partial charge on any atom is -0.354 e. The maximum atomic E-state index is 13.1. The first-order valence-electron chi connectivity index (χ1n) is 11.4. The molecule has 0 spiro atoms. The van der Waals surface area contributed by atoms with Crippen LogP contribution in [-0.2, 0) is 13.0 Å². The third-order valence-electron chi connectivity index (χ3n) is 6.12. The number of nitrogens with zero attached hydrogens (tertiary/aromatic N) is 4. The van der Waals surface area contributed by atoms with Crippen molar-refractivity contribution in [2.75, 3.05) is 25.0 Å². The Bertz CT molecular complexity index is 1260. The van der Waals surface area contributed by atoms with Gasteiger partial charge in [-0.2, -0.15) is 4.98 Å². The Balaban J connectivity index is 1.46. The zero-order valence-corrected chi connectivity index (χ0v) is 20.1. The third kappa shape index (κ3) is 5.02. The quantitative estimate of drug-likeness (QED) is 0.347. The topological polar surface area (TPSA) is 67.7 Å². The lowest BCUT2D eigenvalue weighted by Gasteiger charge is -2.24. The van der Waals surface area contributed by atoms with Crippen molar-refractivity contribution in [1.82, 2.24) is 24.8 Å². The minimum absolute atomic E-state index is 0.235. The van der Waals surface area contributed by atoms with Crippen LogP contribution in [0.4, 0.5) is 10.3 Å². The van der Waals surface area contributed by atoms with E-state index in [-0.39, 0.29) is 5.82 Å². The number of rotatable bonds is 7. The zero-order chi connectivity index (χ0) is 23.5. The van der Waals surface area contributed by atoms with Crippen LogP contribution in [0.3, 0.4) is 0 Å². The van der Waals surface area contributed by atoms with E-state index in [2.05, 4.69) is 20.2 Å². The molecule has 0 bridgehead atoms. The van der Waals surface area contributed by atoms with Crippen LogP contribution in [0, 0.1) is 11.7 Å². The summed E-state index contributed by atoms with van der Waals surface area (Å²) in [5.74, 6) is 1.45. The molecule has 9 heteroatoms. The molecule has 34 heavy (non-hydrogen) atoms. The Labute approximate surface area is 207 Å². The molecule has 2 aromatic carbocycles. The van der Waals surface area contributed by atoms with Gasteiger partial charge in [-0.1, -0.05) is 41.4 Å². The zero-order valence-electron chi connectivity index (χ0n) is 18.6. The molecular weight excluding hydrogens is 474 g/mol. The second-order valence-electron chi connectivity index (χ2n) is 8.56. The summed E-state index contributed by atoms with van der Waals surface area (Å²) in [6, 6.07) is 12.0. The maximum absolute atomic E-state index is 13.1. The molecule has 6 nitrogen and oxygen atoms in total. The van der Waals surface area contributed by atoms with Gasteiger partial charge in [-0.15, -0.1) is 0 Å². The van der Waals surface area contributed by atoms with Crippen LogP contribution in [0.2, 0.25) is 10.0 Å². The normalized spacial score (nSPS) is 16.1. The first-order valence-corrected chi connectivity index (χ1v) is 12.2. The van der Waals surface area contributed by atoms with Gasteiger partial charge in [0.15, 0.2) is 5.65 Å². The van der Waals surface area contributed by atoms with E-state index in [4.69, 9.17) is 33.2 Å². The highest BCUT2D eigenvalue weighted by Gasteiger charge is 2.23. The molecule has 5 rings (SSSR count). The lowest BCUT2D eigenvalue weighted by molar-refractivity contribution is 0.341. The molecule has 1 atom stereocenters. The molecule has 2 N–H and O–H groups in total. The second-order valence-corrected chi connectivity index (χ2v) is 9.38. The van der Waals surface area contributed by atoms with Gasteiger partial charge < -0.3 is 15.2 Å². The standard InChI is InChI=1S/C25H25Cl2FN6/c26-19-4-1-5-20(27)22(19)24-32-21-14-31-25(30-12-10-16-6-8-18(28)9-7-16)33-23(21)34(24)15-17-3-2-11-29-13-17/h1,4-9,14,17,29H,2-3,10-13,15H2,(H,30,31,33)/t17-/m1/s1. The average molecular weight is 499 g/mol. The number of nitrogens with one attached hydrogen (secondary N) is 2. The summed E-state index contributed by atoms with van der Waals surface area (Å²) in [6.45, 7) is 3.38. The van der Waals surface area contributed by atoms with E-state index >= 15 is 0 Å². The molecule has 1 fully saturated rings. The summed E-state index contributed by atoms with van der Waals surface area (Å²) in [4.78, 5) is 14.1. The lowest BCUT2D eigenvalue weighted by atomic mass is 9.99. The molecule has 0 amide bonds. The van der Waals surface area contributed by atoms with E-state index in [1.807, 2.05) is 18.2 Å². The van der Waals surface area contributed by atoms with Crippen molar-refractivity contribution in [3.8, 4) is 11.4 Å². The van der Waals surface area contributed by atoms with E-state index < -0.39 is 0 Å². The highest BCUT2D eigenvalue weighted by Crippen LogP contribution is 2.36. The van der Waals surface area contributed by atoms with Crippen LogP contribution in [-0.4, -0.2) is 39.2 Å². The van der Waals surface area contributed by atoms with Gasteiger partial charge >= 0.3 is 0 Å². The molecule has 0 aliphatic carbocycles. The van der Waals surface area contributed by atoms with Crippen molar-refractivity contribution in [3.05, 3.63) is 70.1 Å². The number of anilines is 1. The van der Waals surface area contributed by atoms with Gasteiger partial charge in [-0.3, -0.25) is 0 Å². The molecule has 1 aliphatic heterocycles. The first-order chi connectivity index (χ1) is 16.6. The van der Waals surface area contributed by atoms with E-state index in [0.29, 0.717) is 45.4 Å². The number of halogens is 3. The molecule has 0 saturated carbocycles. The molecule has 176 valence electrons. The minimum atomic E-state index is -0.235. The first kappa shape index (κ1) is 23.0. The number of hydrogen-bond donors (Lipinski definition) is 2. The lowest BCUT2D eigenvalue weighted by Crippen LogP contribution is -2.32. The van der Waals surface area contributed by atoms with Crippen LogP contribution >= 0.6 is 23.2 Å². The molecule has 2 aromatic heterocycles. The Morgan fingerprint density at radius 2 is 1.88 bits per heavy atom. The van der Waals surface area contributed by atoms with Crippen LogP contribution in [0.25, 0.3) is 22.6 Å². The number of piperidine rings is 1. The van der Waals surface area contributed by atoms with Gasteiger partial charge in [0.2, 0.25) is 5.95 Å². The molecular formula is C25H25Cl2FN6. The molecule has 1 saturated heterocycles. The number of imidazole rings is 1. The van der Waals surface area contributed by atoms with Gasteiger partial charge in [-0.25, -0.2) is 14.4 Å². The fourth-order valence-electron chi connectivity index (χ4n) is 4.39. The second kappa shape index (κ2) is 10.3. The number of fused-ring (bicyclic) bond motifs is 1. The maximum Gasteiger partial charge on any atom is 0.224 e. The highest BCUT2D eigenvalue weighted by molar-refractivity contribution is 6.39. The van der Waals surface area contributed by atoms with Gasteiger partial charge in [0.25, 0.3) is 0 Å². The van der Waals surface area contributed by atoms with Crippen LogP contribution in [0.15, 0.2) is 48.7 Å². The Kier molecular flexibility index (Phi) is 6.94. The monoisotopic (exact) mass is 498 g/mol. The fraction of sp³-hybridized carbons (Fsp3) is 0.320. The molecule has 0 unspecified atom stereocenters. The van der Waals surface area contributed by atoms with Crippen molar-refractivity contribution in [1.29, 1.82) is 0 Å². The van der Waals surface area contributed by atoms with Gasteiger partial charge in [0, 0.05) is 13.1 Å². The van der Waals surface area contributed by atoms with Crippen molar-refractivity contribution in [2.24, 2.45) is 5.92 Å². The SMILES string of the molecule is Fc1ccc(CCNc2ncc3nc(-c4c(Cl)cccc4Cl)n(C[C@@H]4CCCNC4)c3n2)cc1. The fourth-order valence-corrected chi connectivity index (χ4v) is 4.95. The Morgan fingerprint density at radius 3 is 2.62 bits per heavy atom. The van der Waals surface area contributed by atoms with Crippen LogP contribution in [0.1, 0.15) is 18.4 Å². The van der Waals surface area contributed by atoms with E-state index in [0.717, 1.165) is 50.1 Å². The molecule has 4 aromatic rings. The summed E-state index contributed by atoms with van der Waals surface area (Å²) >= 11 is 13.1. The number of aromatic nitrogens is 4. The molecule has 1 aliphatic rings. The smallest absolute Gasteiger partial charge is 0.224 e. The average Bonchev–Trinajstić information content (AvgIpc) is 3.18. The summed E-state index contributed by atoms with van der Waals surface area (Å²) in [5.41, 5.74) is 3.19. The Morgan fingerprint density at radius 1 is 1.09 bits per heavy atom. The van der Waals surface area contributed by atoms with E-state index in [1.165, 1.54) is 12.1 Å². The van der Waals surface area contributed by atoms with Crippen molar-refractivity contribution in [2.45, 2.75) is 25.8 Å². The predicted octanol–water partition coefficient (Wildman–Crippen LogP) is 5.59. The summed E-state index contributed by atoms with van der Waals surface area (Å²) in [7, 11) is 0. The Hall–Kier alpha value is -2.74. The largest absolute Gasteiger partial charge is 0.354 e. The number of hydrogen-bond acceptors (Lipinski definition) is 5. The summed E-state index contributed by atoms with van der Waals surface area (Å²) in [5, 5.41) is 7.87. The number of benzene rings is 2. The van der Waals surface area contributed by atoms with Crippen molar-refractivity contribution in [3.63, 3.8) is 0 Å². The van der Waals surface area contributed by atoms with Gasteiger partial charge in [-0.05, 0) is 68.1 Å². The van der Waals surface area contributed by atoms with E-state index in [9.17, 15) is 4.39 Å². The van der Waals surface area contributed by atoms with Gasteiger partial charge in [0.05, 0.1) is 21.8 Å². The summed E-state index contributed by atoms with van der Waals surface area (Å²) < 4.78 is 15.3. The van der Waals surface area contributed by atoms with Crippen LogP contribution in [0.5, 0.6) is 0 Å². The third-order valence-corrected chi connectivity index (χ3v) is 6.75. The van der Waals surface area contributed by atoms with Crippen LogP contribution < -0.4 is 10.6 Å². The molecule has 3 heterocycles. The van der Waals surface area contributed by atoms with E-state index in [1.54, 1.807) is 18.3 Å².